The van der Waals surface area contributed by atoms with Crippen molar-refractivity contribution in [3.8, 4) is 11.1 Å². The maximum absolute atomic E-state index is 15.0. The quantitative estimate of drug-likeness (QED) is 0.452. The number of benzene rings is 1. The predicted molar refractivity (Wildman–Crippen MR) is 115 cm³/mol. The van der Waals surface area contributed by atoms with E-state index in [1.807, 2.05) is 0 Å². The first-order valence-corrected chi connectivity index (χ1v) is 10.8. The molecule has 0 bridgehead atoms. The van der Waals surface area contributed by atoms with Crippen molar-refractivity contribution in [3.63, 3.8) is 0 Å². The lowest BCUT2D eigenvalue weighted by molar-refractivity contribution is -0.331. The van der Waals surface area contributed by atoms with E-state index in [0.717, 1.165) is 0 Å². The fraction of sp³-hybridized carbons (Fsp3) is 0.318. The number of aromatic nitrogens is 4. The smallest absolute Gasteiger partial charge is 0.442 e. The highest BCUT2D eigenvalue weighted by Gasteiger charge is 2.34. The topological polar surface area (TPSA) is 104 Å². The van der Waals surface area contributed by atoms with Gasteiger partial charge in [-0.15, -0.1) is 18.3 Å². The van der Waals surface area contributed by atoms with Crippen LogP contribution in [0.25, 0.3) is 11.1 Å². The molecule has 2 aliphatic rings. The Hall–Kier alpha value is -4.07. The molecule has 0 N–H and O–H groups in total. The molecule has 0 radical (unpaired) electrons. The van der Waals surface area contributed by atoms with E-state index >= 15 is 0 Å². The average molecular weight is 506 g/mol. The van der Waals surface area contributed by atoms with E-state index < -0.39 is 37.1 Å². The monoisotopic (exact) mass is 506 g/mol. The fourth-order valence-corrected chi connectivity index (χ4v) is 3.85. The van der Waals surface area contributed by atoms with E-state index in [1.165, 1.54) is 29.4 Å². The molecular formula is C22H18F4N6O4. The maximum Gasteiger partial charge on any atom is 0.522 e. The zero-order valence-electron chi connectivity index (χ0n) is 18.4. The van der Waals surface area contributed by atoms with Crippen LogP contribution in [-0.4, -0.2) is 63.5 Å². The molecule has 0 spiro atoms. The Morgan fingerprint density at radius 2 is 2.03 bits per heavy atom. The minimum Gasteiger partial charge on any atom is -0.442 e. The summed E-state index contributed by atoms with van der Waals surface area (Å²) in [5.74, 6) is -0.569. The van der Waals surface area contributed by atoms with Crippen LogP contribution in [0, 0.1) is 5.82 Å². The van der Waals surface area contributed by atoms with Crippen LogP contribution in [0.5, 0.6) is 0 Å². The van der Waals surface area contributed by atoms with Gasteiger partial charge in [0.1, 0.15) is 17.6 Å². The van der Waals surface area contributed by atoms with Gasteiger partial charge in [0.05, 0.1) is 37.3 Å². The highest BCUT2D eigenvalue weighted by Crippen LogP contribution is 2.29. The molecule has 5 rings (SSSR count). The molecule has 36 heavy (non-hydrogen) atoms. The second-order valence-electron chi connectivity index (χ2n) is 8.06. The molecule has 1 fully saturated rings. The van der Waals surface area contributed by atoms with Gasteiger partial charge in [0, 0.05) is 29.9 Å². The van der Waals surface area contributed by atoms with Crippen molar-refractivity contribution in [1.82, 2.24) is 20.0 Å². The zero-order chi connectivity index (χ0) is 25.3. The number of halogens is 4. The molecule has 0 aliphatic carbocycles. The number of rotatable bonds is 7. The molecule has 188 valence electrons. The number of anilines is 1. The third kappa shape index (κ3) is 5.27. The van der Waals surface area contributed by atoms with Gasteiger partial charge in [0.15, 0.2) is 6.10 Å². The highest BCUT2D eigenvalue weighted by molar-refractivity contribution is 5.99. The molecule has 3 aromatic rings. The molecule has 10 nitrogen and oxygen atoms in total. The lowest BCUT2D eigenvalue weighted by Gasteiger charge is -2.14. The zero-order valence-corrected chi connectivity index (χ0v) is 18.4. The Morgan fingerprint density at radius 3 is 2.72 bits per heavy atom. The second kappa shape index (κ2) is 9.53. The molecule has 0 unspecified atom stereocenters. The number of pyridine rings is 1. The van der Waals surface area contributed by atoms with Crippen LogP contribution in [0.15, 0.2) is 54.1 Å². The minimum atomic E-state index is -4.75. The molecule has 4 heterocycles. The van der Waals surface area contributed by atoms with Gasteiger partial charge in [0.25, 0.3) is 0 Å². The van der Waals surface area contributed by atoms with Crippen molar-refractivity contribution >= 4 is 17.5 Å². The van der Waals surface area contributed by atoms with Gasteiger partial charge in [-0.1, -0.05) is 16.4 Å². The maximum atomic E-state index is 15.0. The van der Waals surface area contributed by atoms with Gasteiger partial charge < -0.3 is 9.57 Å². The van der Waals surface area contributed by atoms with Crippen LogP contribution in [-0.2, 0) is 20.9 Å². The lowest BCUT2D eigenvalue weighted by Crippen LogP contribution is -2.26. The van der Waals surface area contributed by atoms with Gasteiger partial charge in [-0.25, -0.2) is 13.9 Å². The number of alkyl halides is 3. The van der Waals surface area contributed by atoms with Crippen LogP contribution < -0.4 is 4.90 Å². The largest absolute Gasteiger partial charge is 0.522 e. The molecule has 0 saturated carbocycles. The van der Waals surface area contributed by atoms with Gasteiger partial charge in [-0.3, -0.25) is 14.6 Å². The lowest BCUT2D eigenvalue weighted by atomic mass is 10.0. The van der Waals surface area contributed by atoms with E-state index in [2.05, 4.69) is 25.2 Å². The van der Waals surface area contributed by atoms with Crippen molar-refractivity contribution in [2.24, 2.45) is 5.16 Å². The second-order valence-corrected chi connectivity index (χ2v) is 8.06. The molecule has 1 aromatic carbocycles. The van der Waals surface area contributed by atoms with E-state index in [1.54, 1.807) is 29.1 Å². The summed E-state index contributed by atoms with van der Waals surface area (Å²) in [6.45, 7) is -0.127. The molecular weight excluding hydrogens is 488 g/mol. The SMILES string of the molecule is O=C1O[C@@H](Cn2ccnn2)CN1c1ccc(-c2ccc(C3=NO[C@H](COC(F)(F)F)C3)nc2)c(F)c1. The van der Waals surface area contributed by atoms with Crippen molar-refractivity contribution in [3.05, 3.63) is 60.4 Å². The van der Waals surface area contributed by atoms with Crippen molar-refractivity contribution in [2.75, 3.05) is 18.1 Å². The van der Waals surface area contributed by atoms with E-state index in [4.69, 9.17) is 9.57 Å². The summed E-state index contributed by atoms with van der Waals surface area (Å²) in [7, 11) is 0. The number of nitrogens with zero attached hydrogens (tertiary/aromatic N) is 6. The number of cyclic esters (lactones) is 1. The Morgan fingerprint density at radius 1 is 1.17 bits per heavy atom. The molecule has 1 saturated heterocycles. The summed E-state index contributed by atoms with van der Waals surface area (Å²) in [5, 5.41) is 11.3. The molecule has 14 heteroatoms. The first kappa shape index (κ1) is 23.7. The molecule has 1 amide bonds. The van der Waals surface area contributed by atoms with Crippen molar-refractivity contribution in [1.29, 1.82) is 0 Å². The summed E-state index contributed by atoms with van der Waals surface area (Å²) in [6, 6.07) is 7.55. The van der Waals surface area contributed by atoms with Crippen LogP contribution in [0.4, 0.5) is 28.0 Å². The average Bonchev–Trinajstić information content (AvgIpc) is 3.59. The van der Waals surface area contributed by atoms with Gasteiger partial charge in [-0.05, 0) is 24.3 Å². The Labute approximate surface area is 201 Å². The number of carbonyl (C=O) groups is 1. The first-order chi connectivity index (χ1) is 17.2. The summed E-state index contributed by atoms with van der Waals surface area (Å²) in [6.07, 6.45) is -1.98. The molecule has 2 atom stereocenters. The Kier molecular flexibility index (Phi) is 6.26. The fourth-order valence-electron chi connectivity index (χ4n) is 3.85. The van der Waals surface area contributed by atoms with E-state index in [0.29, 0.717) is 29.2 Å². The highest BCUT2D eigenvalue weighted by atomic mass is 19.4. The predicted octanol–water partition coefficient (Wildman–Crippen LogP) is 3.53. The normalized spacial score (nSPS) is 19.8. The molecule has 2 aromatic heterocycles. The Bertz CT molecular complexity index is 1270. The van der Waals surface area contributed by atoms with E-state index in [-0.39, 0.29) is 18.5 Å². The van der Waals surface area contributed by atoms with Crippen LogP contribution in [0.2, 0.25) is 0 Å². The minimum absolute atomic E-state index is 0.0926. The number of hydrogen-bond acceptors (Lipinski definition) is 8. The van der Waals surface area contributed by atoms with Gasteiger partial charge in [0.2, 0.25) is 0 Å². The van der Waals surface area contributed by atoms with Gasteiger partial charge in [-0.2, -0.15) is 0 Å². The summed E-state index contributed by atoms with van der Waals surface area (Å²) < 4.78 is 62.2. The first-order valence-electron chi connectivity index (χ1n) is 10.8. The standard InChI is InChI=1S/C22H18F4N6O4/c23-18-7-14(32-11-16(35-21(32)33)10-31-6-5-28-30-31)2-3-17(18)13-1-4-19(27-9-13)20-8-15(36-29-20)12-34-22(24,25)26/h1-7,9,15-16H,8,10-12H2/t15-,16-/m0/s1. The number of hydrogen-bond donors (Lipinski definition) is 0. The number of ether oxygens (including phenoxy) is 2. The van der Waals surface area contributed by atoms with Crippen molar-refractivity contribution in [2.45, 2.75) is 31.5 Å². The van der Waals surface area contributed by atoms with Crippen LogP contribution in [0.1, 0.15) is 12.1 Å². The van der Waals surface area contributed by atoms with Gasteiger partial charge >= 0.3 is 12.5 Å². The number of amides is 1. The number of carbonyl (C=O) groups excluding carboxylic acids is 1. The summed E-state index contributed by atoms with van der Waals surface area (Å²) >= 11 is 0. The summed E-state index contributed by atoms with van der Waals surface area (Å²) in [5.41, 5.74) is 1.82. The Balaban J connectivity index is 1.23. The number of oxime groups is 1. The summed E-state index contributed by atoms with van der Waals surface area (Å²) in [4.78, 5) is 22.8. The van der Waals surface area contributed by atoms with Crippen LogP contribution in [0.3, 0.4) is 0 Å². The third-order valence-electron chi connectivity index (χ3n) is 5.54. The van der Waals surface area contributed by atoms with Crippen molar-refractivity contribution < 1.29 is 36.7 Å². The molecule has 2 aliphatic heterocycles. The van der Waals surface area contributed by atoms with E-state index in [9.17, 15) is 22.4 Å². The third-order valence-corrected chi connectivity index (χ3v) is 5.54. The van der Waals surface area contributed by atoms with Crippen LogP contribution >= 0.6 is 0 Å².